The first-order chi connectivity index (χ1) is 9.58. The highest BCUT2D eigenvalue weighted by Gasteiger charge is 2.45. The SMILES string of the molecule is NC1CCC2(CC1Oc1ccc(F)cc1F)OCCO2. The predicted octanol–water partition coefficient (Wildman–Crippen LogP) is 1.97. The van der Waals surface area contributed by atoms with Crippen LogP contribution in [0, 0.1) is 11.6 Å². The molecule has 1 spiro atoms. The van der Waals surface area contributed by atoms with Crippen LogP contribution in [-0.2, 0) is 9.47 Å². The summed E-state index contributed by atoms with van der Waals surface area (Å²) in [5.41, 5.74) is 6.03. The lowest BCUT2D eigenvalue weighted by Crippen LogP contribution is -2.51. The van der Waals surface area contributed by atoms with Gasteiger partial charge in [0, 0.05) is 24.9 Å². The fourth-order valence-electron chi connectivity index (χ4n) is 2.75. The molecule has 0 aromatic heterocycles. The van der Waals surface area contributed by atoms with Crippen molar-refractivity contribution in [1.82, 2.24) is 0 Å². The van der Waals surface area contributed by atoms with E-state index < -0.39 is 23.5 Å². The summed E-state index contributed by atoms with van der Waals surface area (Å²) in [5, 5.41) is 0. The molecule has 0 amide bonds. The molecule has 1 aromatic rings. The van der Waals surface area contributed by atoms with E-state index in [4.69, 9.17) is 19.9 Å². The molecule has 20 heavy (non-hydrogen) atoms. The average molecular weight is 285 g/mol. The van der Waals surface area contributed by atoms with E-state index in [0.29, 0.717) is 32.5 Å². The lowest BCUT2D eigenvalue weighted by Gasteiger charge is -2.39. The Morgan fingerprint density at radius 3 is 2.70 bits per heavy atom. The molecule has 1 aromatic carbocycles. The van der Waals surface area contributed by atoms with E-state index in [1.165, 1.54) is 6.07 Å². The number of rotatable bonds is 2. The minimum atomic E-state index is -0.731. The number of benzene rings is 1. The van der Waals surface area contributed by atoms with Crippen molar-refractivity contribution in [3.05, 3.63) is 29.8 Å². The summed E-state index contributed by atoms with van der Waals surface area (Å²) in [6.45, 7) is 1.10. The Labute approximate surface area is 115 Å². The van der Waals surface area contributed by atoms with Crippen molar-refractivity contribution >= 4 is 0 Å². The molecule has 6 heteroatoms. The Balaban J connectivity index is 1.74. The van der Waals surface area contributed by atoms with Gasteiger partial charge in [-0.05, 0) is 18.6 Å². The molecule has 0 radical (unpaired) electrons. The summed E-state index contributed by atoms with van der Waals surface area (Å²) in [7, 11) is 0. The third kappa shape index (κ3) is 2.63. The summed E-state index contributed by atoms with van der Waals surface area (Å²) in [6.07, 6.45) is 1.42. The summed E-state index contributed by atoms with van der Waals surface area (Å²) in [6, 6.07) is 3.00. The molecule has 2 atom stereocenters. The quantitative estimate of drug-likeness (QED) is 0.902. The maximum Gasteiger partial charge on any atom is 0.172 e. The Bertz CT molecular complexity index is 491. The van der Waals surface area contributed by atoms with E-state index in [9.17, 15) is 8.78 Å². The lowest BCUT2D eigenvalue weighted by molar-refractivity contribution is -0.195. The maximum absolute atomic E-state index is 13.6. The monoisotopic (exact) mass is 285 g/mol. The number of nitrogens with two attached hydrogens (primary N) is 1. The van der Waals surface area contributed by atoms with Crippen LogP contribution in [0.15, 0.2) is 18.2 Å². The second-order valence-electron chi connectivity index (χ2n) is 5.25. The number of ether oxygens (including phenoxy) is 3. The smallest absolute Gasteiger partial charge is 0.172 e. The van der Waals surface area contributed by atoms with Gasteiger partial charge in [-0.2, -0.15) is 0 Å². The van der Waals surface area contributed by atoms with E-state index in [-0.39, 0.29) is 11.8 Å². The van der Waals surface area contributed by atoms with Gasteiger partial charge in [0.05, 0.1) is 13.2 Å². The van der Waals surface area contributed by atoms with Crippen LogP contribution in [0.1, 0.15) is 19.3 Å². The van der Waals surface area contributed by atoms with Crippen molar-refractivity contribution in [3.63, 3.8) is 0 Å². The van der Waals surface area contributed by atoms with Crippen molar-refractivity contribution in [3.8, 4) is 5.75 Å². The summed E-state index contributed by atoms with van der Waals surface area (Å²) in [5.74, 6) is -2.02. The molecule has 1 aliphatic carbocycles. The van der Waals surface area contributed by atoms with Gasteiger partial charge in [0.15, 0.2) is 17.4 Å². The third-order valence-electron chi connectivity index (χ3n) is 3.83. The molecular formula is C14H17F2NO3. The predicted molar refractivity (Wildman–Crippen MR) is 67.2 cm³/mol. The van der Waals surface area contributed by atoms with Gasteiger partial charge in [0.25, 0.3) is 0 Å². The Kier molecular flexibility index (Phi) is 3.62. The van der Waals surface area contributed by atoms with Crippen molar-refractivity contribution in [2.75, 3.05) is 13.2 Å². The molecule has 2 fully saturated rings. The normalized spacial score (nSPS) is 28.8. The molecule has 4 nitrogen and oxygen atoms in total. The molecule has 1 saturated carbocycles. The van der Waals surface area contributed by atoms with E-state index in [0.717, 1.165) is 12.1 Å². The molecule has 1 aliphatic heterocycles. The zero-order chi connectivity index (χ0) is 14.2. The molecule has 110 valence electrons. The summed E-state index contributed by atoms with van der Waals surface area (Å²) < 4.78 is 43.4. The molecule has 0 bridgehead atoms. The molecule has 1 heterocycles. The molecule has 2 unspecified atom stereocenters. The van der Waals surface area contributed by atoms with Crippen LogP contribution >= 0.6 is 0 Å². The van der Waals surface area contributed by atoms with Crippen LogP contribution in [0.5, 0.6) is 5.75 Å². The van der Waals surface area contributed by atoms with E-state index in [2.05, 4.69) is 0 Å². The van der Waals surface area contributed by atoms with Crippen molar-refractivity contribution in [2.45, 2.75) is 37.2 Å². The Hall–Kier alpha value is -1.24. The first-order valence-corrected chi connectivity index (χ1v) is 6.73. The molecule has 2 N–H and O–H groups in total. The summed E-state index contributed by atoms with van der Waals surface area (Å²) in [4.78, 5) is 0. The van der Waals surface area contributed by atoms with Crippen molar-refractivity contribution in [2.24, 2.45) is 5.73 Å². The first-order valence-electron chi connectivity index (χ1n) is 6.73. The van der Waals surface area contributed by atoms with Gasteiger partial charge < -0.3 is 19.9 Å². The standard InChI is InChI=1S/C14H17F2NO3/c15-9-1-2-12(10(16)7-9)20-13-8-14(4-3-11(13)17)18-5-6-19-14/h1-2,7,11,13H,3-6,8,17H2. The Morgan fingerprint density at radius 1 is 1.25 bits per heavy atom. The minimum Gasteiger partial charge on any atom is -0.486 e. The zero-order valence-corrected chi connectivity index (χ0v) is 11.0. The maximum atomic E-state index is 13.6. The van der Waals surface area contributed by atoms with Crippen LogP contribution in [0.25, 0.3) is 0 Å². The second kappa shape index (κ2) is 5.27. The van der Waals surface area contributed by atoms with Crippen molar-refractivity contribution < 1.29 is 23.0 Å². The molecule has 3 rings (SSSR count). The van der Waals surface area contributed by atoms with Gasteiger partial charge in [0.2, 0.25) is 0 Å². The van der Waals surface area contributed by atoms with Gasteiger partial charge in [-0.25, -0.2) is 8.78 Å². The van der Waals surface area contributed by atoms with Crippen LogP contribution in [0.2, 0.25) is 0 Å². The van der Waals surface area contributed by atoms with Gasteiger partial charge in [-0.3, -0.25) is 0 Å². The van der Waals surface area contributed by atoms with E-state index >= 15 is 0 Å². The largest absolute Gasteiger partial charge is 0.486 e. The van der Waals surface area contributed by atoms with Gasteiger partial charge >= 0.3 is 0 Å². The average Bonchev–Trinajstić information content (AvgIpc) is 2.86. The summed E-state index contributed by atoms with van der Waals surface area (Å²) >= 11 is 0. The number of hydrogen-bond acceptors (Lipinski definition) is 4. The van der Waals surface area contributed by atoms with Crippen LogP contribution in [-0.4, -0.2) is 31.1 Å². The topological polar surface area (TPSA) is 53.7 Å². The highest BCUT2D eigenvalue weighted by Crippen LogP contribution is 2.37. The highest BCUT2D eigenvalue weighted by molar-refractivity contribution is 5.25. The minimum absolute atomic E-state index is 0.00176. The van der Waals surface area contributed by atoms with E-state index in [1.54, 1.807) is 0 Å². The molecule has 2 aliphatic rings. The van der Waals surface area contributed by atoms with Crippen LogP contribution in [0.3, 0.4) is 0 Å². The van der Waals surface area contributed by atoms with Gasteiger partial charge in [-0.15, -0.1) is 0 Å². The third-order valence-corrected chi connectivity index (χ3v) is 3.83. The Morgan fingerprint density at radius 2 is 2.00 bits per heavy atom. The number of hydrogen-bond donors (Lipinski definition) is 1. The van der Waals surface area contributed by atoms with Crippen LogP contribution in [0.4, 0.5) is 8.78 Å². The fourth-order valence-corrected chi connectivity index (χ4v) is 2.75. The van der Waals surface area contributed by atoms with Crippen LogP contribution < -0.4 is 10.5 Å². The first kappa shape index (κ1) is 13.7. The van der Waals surface area contributed by atoms with Gasteiger partial charge in [0.1, 0.15) is 11.9 Å². The molecule has 1 saturated heterocycles. The van der Waals surface area contributed by atoms with Crippen molar-refractivity contribution in [1.29, 1.82) is 0 Å². The molecular weight excluding hydrogens is 268 g/mol. The second-order valence-corrected chi connectivity index (χ2v) is 5.25. The lowest BCUT2D eigenvalue weighted by atomic mass is 9.88. The van der Waals surface area contributed by atoms with E-state index in [1.807, 2.05) is 0 Å². The zero-order valence-electron chi connectivity index (χ0n) is 11.0. The highest BCUT2D eigenvalue weighted by atomic mass is 19.1. The number of halogens is 2. The fraction of sp³-hybridized carbons (Fsp3) is 0.571. The van der Waals surface area contributed by atoms with Gasteiger partial charge in [-0.1, -0.05) is 0 Å².